The van der Waals surface area contributed by atoms with Crippen LogP contribution in [-0.2, 0) is 17.7 Å². The number of benzene rings is 1. The van der Waals surface area contributed by atoms with Crippen LogP contribution in [0.5, 0.6) is 5.75 Å². The van der Waals surface area contributed by atoms with E-state index in [1.54, 1.807) is 35.9 Å². The summed E-state index contributed by atoms with van der Waals surface area (Å²) in [5.74, 6) is 1.43. The summed E-state index contributed by atoms with van der Waals surface area (Å²) in [5, 5.41) is 12.5. The zero-order valence-corrected chi connectivity index (χ0v) is 20.2. The van der Waals surface area contributed by atoms with Crippen molar-refractivity contribution in [2.75, 3.05) is 45.8 Å². The van der Waals surface area contributed by atoms with E-state index in [9.17, 15) is 4.79 Å². The molecule has 0 fully saturated rings. The number of aromatic nitrogens is 4. The first-order chi connectivity index (χ1) is 16.6. The average molecular weight is 482 g/mol. The van der Waals surface area contributed by atoms with E-state index in [0.29, 0.717) is 38.6 Å². The zero-order valence-electron chi connectivity index (χ0n) is 19.4. The van der Waals surface area contributed by atoms with E-state index in [1.807, 2.05) is 31.0 Å². The quantitative estimate of drug-likeness (QED) is 0.387. The third kappa shape index (κ3) is 4.12. The van der Waals surface area contributed by atoms with Gasteiger partial charge in [0, 0.05) is 43.1 Å². The molecule has 11 heteroatoms. The molecule has 5 rings (SSSR count). The second-order valence-corrected chi connectivity index (χ2v) is 9.20. The molecule has 34 heavy (non-hydrogen) atoms. The van der Waals surface area contributed by atoms with E-state index in [-0.39, 0.29) is 6.03 Å². The summed E-state index contributed by atoms with van der Waals surface area (Å²) < 4.78 is 11.0. The van der Waals surface area contributed by atoms with Gasteiger partial charge < -0.3 is 24.6 Å². The molecule has 2 N–H and O–H groups in total. The van der Waals surface area contributed by atoms with Crippen LogP contribution in [0.1, 0.15) is 17.4 Å². The van der Waals surface area contributed by atoms with Crippen LogP contribution in [0.15, 0.2) is 24.7 Å². The number of urea groups is 1. The summed E-state index contributed by atoms with van der Waals surface area (Å²) in [6.45, 7) is 4.93. The number of H-pyrrole nitrogens is 1. The van der Waals surface area contributed by atoms with Crippen LogP contribution in [0, 0.1) is 0 Å². The molecular formula is C23H27N7O3S. The maximum absolute atomic E-state index is 12.9. The maximum atomic E-state index is 12.9. The molecule has 0 saturated heterocycles. The fourth-order valence-corrected chi connectivity index (χ4v) is 5.44. The van der Waals surface area contributed by atoms with Crippen molar-refractivity contribution >= 4 is 50.0 Å². The Morgan fingerprint density at radius 2 is 2.24 bits per heavy atom. The number of likely N-dealkylation sites (N-methyl/N-ethyl adjacent to an activating group) is 1. The second-order valence-electron chi connectivity index (χ2n) is 8.11. The molecule has 0 aliphatic carbocycles. The third-order valence-corrected chi connectivity index (χ3v) is 7.15. The van der Waals surface area contributed by atoms with Gasteiger partial charge in [-0.25, -0.2) is 14.8 Å². The number of nitrogens with zero attached hydrogens (tertiary/aromatic N) is 5. The molecule has 2 amide bonds. The van der Waals surface area contributed by atoms with Crippen LogP contribution in [-0.4, -0.2) is 76.5 Å². The number of nitrogens with one attached hydrogen (secondary N) is 2. The summed E-state index contributed by atoms with van der Waals surface area (Å²) in [6.07, 6.45) is 4.10. The summed E-state index contributed by atoms with van der Waals surface area (Å²) in [6, 6.07) is 3.92. The number of rotatable bonds is 7. The molecule has 0 atom stereocenters. The van der Waals surface area contributed by atoms with Crippen molar-refractivity contribution in [1.29, 1.82) is 0 Å². The summed E-state index contributed by atoms with van der Waals surface area (Å²) in [7, 11) is 3.46. The van der Waals surface area contributed by atoms with Crippen molar-refractivity contribution in [1.82, 2.24) is 30.0 Å². The number of anilines is 2. The minimum Gasteiger partial charge on any atom is -0.494 e. The van der Waals surface area contributed by atoms with Crippen LogP contribution in [0.25, 0.3) is 21.1 Å². The smallest absolute Gasteiger partial charge is 0.320 e. The van der Waals surface area contributed by atoms with Crippen molar-refractivity contribution in [3.8, 4) is 5.75 Å². The maximum Gasteiger partial charge on any atom is 0.320 e. The largest absolute Gasteiger partial charge is 0.494 e. The van der Waals surface area contributed by atoms with E-state index in [1.165, 1.54) is 5.56 Å². The van der Waals surface area contributed by atoms with Gasteiger partial charge in [0.2, 0.25) is 0 Å². The van der Waals surface area contributed by atoms with E-state index < -0.39 is 0 Å². The molecule has 1 aliphatic heterocycles. The van der Waals surface area contributed by atoms with E-state index in [2.05, 4.69) is 25.5 Å². The van der Waals surface area contributed by atoms with Gasteiger partial charge in [-0.15, -0.1) is 11.3 Å². The number of amides is 2. The Kier molecular flexibility index (Phi) is 6.20. The first-order valence-electron chi connectivity index (χ1n) is 11.2. The monoisotopic (exact) mass is 481 g/mol. The van der Waals surface area contributed by atoms with Crippen molar-refractivity contribution in [2.24, 2.45) is 0 Å². The van der Waals surface area contributed by atoms with Gasteiger partial charge in [-0.2, -0.15) is 5.10 Å². The second kappa shape index (κ2) is 9.43. The molecule has 0 saturated carbocycles. The van der Waals surface area contributed by atoms with Gasteiger partial charge in [-0.05, 0) is 25.0 Å². The number of methoxy groups -OCH3 is 1. The van der Waals surface area contributed by atoms with Gasteiger partial charge in [-0.3, -0.25) is 5.10 Å². The van der Waals surface area contributed by atoms with E-state index in [4.69, 9.17) is 9.47 Å². The van der Waals surface area contributed by atoms with Crippen LogP contribution in [0.2, 0.25) is 0 Å². The number of carbonyl (C=O) groups excluding carboxylic acids is 1. The van der Waals surface area contributed by atoms with Gasteiger partial charge in [0.1, 0.15) is 22.7 Å². The number of hydrogen-bond donors (Lipinski definition) is 2. The summed E-state index contributed by atoms with van der Waals surface area (Å²) >= 11 is 1.62. The van der Waals surface area contributed by atoms with E-state index >= 15 is 0 Å². The highest BCUT2D eigenvalue weighted by Crippen LogP contribution is 2.39. The predicted octanol–water partition coefficient (Wildman–Crippen LogP) is 3.77. The standard InChI is InChI=1S/C23H27N7O3S/c1-4-33-8-7-29(2)23(31)30-6-5-15-19(12-30)34-22-20(15)21(24-13-25-22)27-17-9-14-11-26-28-16(14)10-18(17)32-3/h9-11,13H,4-8,12H2,1-3H3,(H,26,28)(H,24,25,27). The molecule has 178 valence electrons. The van der Waals surface area contributed by atoms with Crippen molar-refractivity contribution in [2.45, 2.75) is 19.9 Å². The molecule has 1 aliphatic rings. The number of ether oxygens (including phenoxy) is 2. The topological polar surface area (TPSA) is 109 Å². The third-order valence-electron chi connectivity index (χ3n) is 6.02. The fraction of sp³-hybridized carbons (Fsp3) is 0.391. The molecule has 4 heterocycles. The highest BCUT2D eigenvalue weighted by molar-refractivity contribution is 7.19. The lowest BCUT2D eigenvalue weighted by Gasteiger charge is -2.31. The lowest BCUT2D eigenvalue weighted by molar-refractivity contribution is 0.112. The number of thiophene rings is 1. The molecule has 0 spiro atoms. The molecular weight excluding hydrogens is 454 g/mol. The van der Waals surface area contributed by atoms with Crippen molar-refractivity contribution in [3.63, 3.8) is 0 Å². The molecule has 4 aromatic rings. The van der Waals surface area contributed by atoms with Gasteiger partial charge in [0.15, 0.2) is 0 Å². The fourth-order valence-electron chi connectivity index (χ4n) is 4.23. The van der Waals surface area contributed by atoms with Gasteiger partial charge in [-0.1, -0.05) is 0 Å². The average Bonchev–Trinajstić information content (AvgIpc) is 3.46. The Labute approximate surface area is 200 Å². The Morgan fingerprint density at radius 1 is 1.35 bits per heavy atom. The minimum absolute atomic E-state index is 0.0189. The highest BCUT2D eigenvalue weighted by Gasteiger charge is 2.28. The van der Waals surface area contributed by atoms with Crippen LogP contribution in [0.3, 0.4) is 0 Å². The van der Waals surface area contributed by atoms with Crippen LogP contribution in [0.4, 0.5) is 16.3 Å². The van der Waals surface area contributed by atoms with Gasteiger partial charge >= 0.3 is 6.03 Å². The van der Waals surface area contributed by atoms with Gasteiger partial charge in [0.25, 0.3) is 0 Å². The summed E-state index contributed by atoms with van der Waals surface area (Å²) in [4.78, 5) is 27.7. The molecule has 1 aromatic carbocycles. The first kappa shape index (κ1) is 22.4. The number of aromatic amines is 1. The SMILES string of the molecule is CCOCCN(C)C(=O)N1CCc2c(sc3ncnc(Nc4cc5cn[nH]c5cc4OC)c23)C1. The lowest BCUT2D eigenvalue weighted by atomic mass is 10.0. The number of carbonyl (C=O) groups is 1. The Bertz CT molecular complexity index is 1340. The van der Waals surface area contributed by atoms with Crippen LogP contribution < -0.4 is 10.1 Å². The molecule has 0 unspecified atom stereocenters. The Balaban J connectivity index is 1.42. The lowest BCUT2D eigenvalue weighted by Crippen LogP contribution is -2.44. The minimum atomic E-state index is 0.0189. The molecule has 0 radical (unpaired) electrons. The summed E-state index contributed by atoms with van der Waals surface area (Å²) in [5.41, 5.74) is 2.91. The molecule has 0 bridgehead atoms. The zero-order chi connectivity index (χ0) is 23.7. The molecule has 10 nitrogen and oxygen atoms in total. The predicted molar refractivity (Wildman–Crippen MR) is 132 cm³/mol. The van der Waals surface area contributed by atoms with Crippen molar-refractivity contribution < 1.29 is 14.3 Å². The normalized spacial score (nSPS) is 13.3. The molecule has 3 aromatic heterocycles. The number of fused-ring (bicyclic) bond motifs is 4. The highest BCUT2D eigenvalue weighted by atomic mass is 32.1. The van der Waals surface area contributed by atoms with Crippen LogP contribution >= 0.6 is 11.3 Å². The Hall–Kier alpha value is -3.44. The van der Waals surface area contributed by atoms with E-state index in [0.717, 1.165) is 43.9 Å². The Morgan fingerprint density at radius 3 is 3.06 bits per heavy atom. The number of hydrogen-bond acceptors (Lipinski definition) is 8. The first-order valence-corrected chi connectivity index (χ1v) is 12.0. The van der Waals surface area contributed by atoms with Crippen molar-refractivity contribution in [3.05, 3.63) is 35.1 Å². The van der Waals surface area contributed by atoms with Gasteiger partial charge in [0.05, 0.1) is 43.0 Å².